The fraction of sp³-hybridized carbons (Fsp3) is 0.448. The average Bonchev–Trinajstić information content (AvgIpc) is 3.07. The van der Waals surface area contributed by atoms with E-state index in [9.17, 15) is 4.79 Å². The summed E-state index contributed by atoms with van der Waals surface area (Å²) in [7, 11) is 0. The molecule has 5 fully saturated rings. The fourth-order valence-corrected chi connectivity index (χ4v) is 8.63. The Bertz CT molecular complexity index is 1170. The lowest BCUT2D eigenvalue weighted by Crippen LogP contribution is -2.48. The maximum atomic E-state index is 13.4. The van der Waals surface area contributed by atoms with Crippen LogP contribution in [0.25, 0.3) is 6.08 Å². The summed E-state index contributed by atoms with van der Waals surface area (Å²) in [6.07, 6.45) is 10.3. The Morgan fingerprint density at radius 1 is 1.09 bits per heavy atom. The van der Waals surface area contributed by atoms with E-state index < -0.39 is 0 Å². The minimum absolute atomic E-state index is 0.0525. The van der Waals surface area contributed by atoms with E-state index in [-0.39, 0.29) is 5.91 Å². The lowest BCUT2D eigenvalue weighted by atomic mass is 9.48. The van der Waals surface area contributed by atoms with Crippen molar-refractivity contribution >= 4 is 46.0 Å². The number of anilines is 1. The number of rotatable bonds is 5. The van der Waals surface area contributed by atoms with Crippen LogP contribution in [0.1, 0.15) is 62.1 Å². The van der Waals surface area contributed by atoms with Gasteiger partial charge in [-0.2, -0.15) is 0 Å². The maximum Gasteiger partial charge on any atom is 0.270 e. The molecule has 4 bridgehead atoms. The minimum atomic E-state index is -0.0525. The van der Waals surface area contributed by atoms with Crippen molar-refractivity contribution in [1.82, 2.24) is 0 Å². The maximum absolute atomic E-state index is 13.4. The number of thiocarbonyl (C=S) groups is 1. The van der Waals surface area contributed by atoms with Gasteiger partial charge in [0.15, 0.2) is 4.32 Å². The highest BCUT2D eigenvalue weighted by Gasteiger charge is 2.51. The Balaban J connectivity index is 1.36. The van der Waals surface area contributed by atoms with E-state index in [1.165, 1.54) is 55.9 Å². The first-order valence-electron chi connectivity index (χ1n) is 12.6. The summed E-state index contributed by atoms with van der Waals surface area (Å²) in [5.74, 6) is 3.48. The van der Waals surface area contributed by atoms with Gasteiger partial charge in [-0.05, 0) is 117 Å². The molecule has 1 aliphatic heterocycles. The second-order valence-electron chi connectivity index (χ2n) is 10.7. The normalized spacial score (nSPS) is 31.1. The van der Waals surface area contributed by atoms with E-state index in [0.717, 1.165) is 40.3 Å². The van der Waals surface area contributed by atoms with Crippen LogP contribution in [0.15, 0.2) is 47.4 Å². The molecule has 1 amide bonds. The zero-order chi connectivity index (χ0) is 23.4. The smallest absolute Gasteiger partial charge is 0.270 e. The van der Waals surface area contributed by atoms with Crippen LogP contribution in [0, 0.1) is 24.7 Å². The number of nitrogens with zero attached hydrogens (tertiary/aromatic N) is 1. The Morgan fingerprint density at radius 3 is 2.44 bits per heavy atom. The number of carbonyl (C=O) groups excluding carboxylic acids is 1. The van der Waals surface area contributed by atoms with Gasteiger partial charge in [-0.15, -0.1) is 0 Å². The molecule has 0 radical (unpaired) electrons. The highest BCUT2D eigenvalue weighted by Crippen LogP contribution is 2.61. The summed E-state index contributed by atoms with van der Waals surface area (Å²) in [5, 5.41) is 0. The largest absolute Gasteiger partial charge is 0.493 e. The first-order chi connectivity index (χ1) is 16.4. The Morgan fingerprint density at radius 2 is 1.79 bits per heavy atom. The third kappa shape index (κ3) is 3.81. The molecule has 0 aromatic heterocycles. The van der Waals surface area contributed by atoms with Crippen molar-refractivity contribution in [3.63, 3.8) is 0 Å². The highest BCUT2D eigenvalue weighted by molar-refractivity contribution is 8.27. The predicted molar refractivity (Wildman–Crippen MR) is 144 cm³/mol. The molecule has 0 N–H and O–H groups in total. The second kappa shape index (κ2) is 8.53. The summed E-state index contributed by atoms with van der Waals surface area (Å²) >= 11 is 7.00. The zero-order valence-electron chi connectivity index (χ0n) is 19.9. The molecule has 0 unspecified atom stereocenters. The lowest BCUT2D eigenvalue weighted by Gasteiger charge is -2.57. The van der Waals surface area contributed by atoms with Crippen molar-refractivity contribution in [2.75, 3.05) is 11.5 Å². The van der Waals surface area contributed by atoms with Crippen molar-refractivity contribution in [2.24, 2.45) is 17.8 Å². The summed E-state index contributed by atoms with van der Waals surface area (Å²) in [6.45, 7) is 4.64. The number of ether oxygens (including phenoxy) is 1. The summed E-state index contributed by atoms with van der Waals surface area (Å²) in [6, 6.07) is 14.7. The van der Waals surface area contributed by atoms with Crippen molar-refractivity contribution in [1.29, 1.82) is 0 Å². The molecule has 3 nitrogen and oxygen atoms in total. The number of hydrogen-bond acceptors (Lipinski definition) is 4. The molecule has 176 valence electrons. The van der Waals surface area contributed by atoms with E-state index in [2.05, 4.69) is 18.2 Å². The zero-order valence-corrected chi connectivity index (χ0v) is 21.5. The minimum Gasteiger partial charge on any atom is -0.493 e. The van der Waals surface area contributed by atoms with Crippen LogP contribution >= 0.6 is 24.0 Å². The van der Waals surface area contributed by atoms with Crippen LogP contribution in [0.3, 0.4) is 0 Å². The Labute approximate surface area is 211 Å². The number of carbonyl (C=O) groups is 1. The molecule has 1 saturated heterocycles. The number of benzene rings is 2. The van der Waals surface area contributed by atoms with Gasteiger partial charge in [0.05, 0.1) is 17.2 Å². The van der Waals surface area contributed by atoms with Gasteiger partial charge in [0.1, 0.15) is 5.75 Å². The third-order valence-corrected chi connectivity index (χ3v) is 9.60. The monoisotopic (exact) mass is 489 g/mol. The predicted octanol–water partition coefficient (Wildman–Crippen LogP) is 7.27. The summed E-state index contributed by atoms with van der Waals surface area (Å²) in [5.41, 5.74) is 4.69. The number of amides is 1. The lowest BCUT2D eigenvalue weighted by molar-refractivity contribution is -0.113. The van der Waals surface area contributed by atoms with Crippen molar-refractivity contribution in [3.8, 4) is 5.75 Å². The molecule has 0 spiro atoms. The Kier molecular flexibility index (Phi) is 5.61. The molecular formula is C29H31NO2S2. The van der Waals surface area contributed by atoms with Gasteiger partial charge in [-0.1, -0.05) is 42.2 Å². The quantitative estimate of drug-likeness (QED) is 0.326. The molecule has 5 aliphatic rings. The van der Waals surface area contributed by atoms with Crippen molar-refractivity contribution in [3.05, 3.63) is 64.1 Å². The van der Waals surface area contributed by atoms with Crippen LogP contribution in [0.2, 0.25) is 0 Å². The number of thioether (sulfide) groups is 1. The highest BCUT2D eigenvalue weighted by atomic mass is 32.2. The van der Waals surface area contributed by atoms with Gasteiger partial charge >= 0.3 is 0 Å². The molecule has 5 heteroatoms. The summed E-state index contributed by atoms with van der Waals surface area (Å²) < 4.78 is 6.58. The molecule has 0 atom stereocenters. The van der Waals surface area contributed by atoms with Gasteiger partial charge in [-0.3, -0.25) is 9.69 Å². The number of aryl methyl sites for hydroxylation is 1. The number of hydrogen-bond donors (Lipinski definition) is 0. The SMILES string of the molecule is CCOc1ccc(C23CC4CC(CC(C4)C2)C3)cc1/C=C1\SC(=S)N(c2cccc(C)c2)C1=O. The Hall–Kier alpha value is -2.11. The van der Waals surface area contributed by atoms with Crippen LogP contribution in [-0.2, 0) is 10.2 Å². The van der Waals surface area contributed by atoms with Gasteiger partial charge in [0.25, 0.3) is 5.91 Å². The molecule has 4 saturated carbocycles. The van der Waals surface area contributed by atoms with E-state index in [1.54, 1.807) is 4.90 Å². The van der Waals surface area contributed by atoms with Crippen LogP contribution in [0.4, 0.5) is 5.69 Å². The van der Waals surface area contributed by atoms with E-state index >= 15 is 0 Å². The fourth-order valence-electron chi connectivity index (χ4n) is 7.34. The van der Waals surface area contributed by atoms with Crippen LogP contribution < -0.4 is 9.64 Å². The van der Waals surface area contributed by atoms with Gasteiger partial charge in [-0.25, -0.2) is 0 Å². The third-order valence-electron chi connectivity index (χ3n) is 8.30. The molecule has 2 aromatic rings. The molecule has 34 heavy (non-hydrogen) atoms. The molecule has 4 aliphatic carbocycles. The second-order valence-corrected chi connectivity index (χ2v) is 12.4. The van der Waals surface area contributed by atoms with E-state index in [4.69, 9.17) is 17.0 Å². The molecule has 1 heterocycles. The molecular weight excluding hydrogens is 458 g/mol. The average molecular weight is 490 g/mol. The van der Waals surface area contributed by atoms with Gasteiger partial charge in [0, 0.05) is 5.56 Å². The van der Waals surface area contributed by atoms with Crippen molar-refractivity contribution in [2.45, 2.75) is 57.8 Å². The van der Waals surface area contributed by atoms with Crippen molar-refractivity contribution < 1.29 is 9.53 Å². The van der Waals surface area contributed by atoms with Crippen LogP contribution in [0.5, 0.6) is 5.75 Å². The van der Waals surface area contributed by atoms with E-state index in [1.807, 2.05) is 44.2 Å². The van der Waals surface area contributed by atoms with Crippen LogP contribution in [-0.4, -0.2) is 16.8 Å². The molecule has 7 rings (SSSR count). The first kappa shape index (κ1) is 22.4. The topological polar surface area (TPSA) is 29.5 Å². The van der Waals surface area contributed by atoms with E-state index in [0.29, 0.717) is 21.2 Å². The van der Waals surface area contributed by atoms with Gasteiger partial charge < -0.3 is 4.74 Å². The first-order valence-corrected chi connectivity index (χ1v) is 13.8. The van der Waals surface area contributed by atoms with Gasteiger partial charge in [0.2, 0.25) is 0 Å². The molecule has 2 aromatic carbocycles. The summed E-state index contributed by atoms with van der Waals surface area (Å²) in [4.78, 5) is 15.7. The standard InChI is InChI=1S/C29H31NO2S2/c1-3-32-25-8-7-23(29-15-19-10-20(16-29)12-21(11-19)17-29)13-22(25)14-26-27(31)30(28(33)34-26)24-6-4-5-18(2)9-24/h4-9,13-14,19-21H,3,10-12,15-17H2,1-2H3/b26-14-.